The molecule has 4 atom stereocenters. The highest BCUT2D eigenvalue weighted by Crippen LogP contribution is 2.51. The van der Waals surface area contributed by atoms with Crippen molar-refractivity contribution in [3.05, 3.63) is 0 Å². The summed E-state index contributed by atoms with van der Waals surface area (Å²) in [5.41, 5.74) is 11.2. The third kappa shape index (κ3) is 2.03. The molecule has 16 heavy (non-hydrogen) atoms. The van der Waals surface area contributed by atoms with Crippen LogP contribution < -0.4 is 11.5 Å². The van der Waals surface area contributed by atoms with Crippen LogP contribution in [0.1, 0.15) is 19.3 Å². The van der Waals surface area contributed by atoms with Gasteiger partial charge < -0.3 is 11.5 Å². The van der Waals surface area contributed by atoms with Crippen LogP contribution in [0, 0.1) is 11.8 Å². The number of halogens is 4. The summed E-state index contributed by atoms with van der Waals surface area (Å²) in [7, 11) is 0. The van der Waals surface area contributed by atoms with Crippen molar-refractivity contribution in [1.29, 1.82) is 0 Å². The Morgan fingerprint density at radius 3 is 2.31 bits per heavy atom. The van der Waals surface area contributed by atoms with E-state index in [1.54, 1.807) is 0 Å². The molecular weight excluding hydrogens is 228 g/mol. The van der Waals surface area contributed by atoms with Gasteiger partial charge in [0.05, 0.1) is 5.92 Å². The maximum absolute atomic E-state index is 13.4. The average molecular weight is 242 g/mol. The Labute approximate surface area is 90.1 Å². The van der Waals surface area contributed by atoms with Gasteiger partial charge in [0.15, 0.2) is 0 Å². The number of nitrogens with two attached hydrogens (primary N) is 2. The Morgan fingerprint density at radius 2 is 1.69 bits per heavy atom. The summed E-state index contributed by atoms with van der Waals surface area (Å²) < 4.78 is 56.2. The molecule has 2 rings (SSSR count). The Hall–Kier alpha value is -0.400. The first-order valence-corrected chi connectivity index (χ1v) is 5.18. The maximum atomic E-state index is 13.4. The van der Waals surface area contributed by atoms with Crippen LogP contribution in [0.4, 0.5) is 17.6 Å². The minimum atomic E-state index is -3.85. The Bertz CT molecular complexity index is 287. The molecule has 1 aliphatic heterocycles. The first-order chi connectivity index (χ1) is 7.21. The quantitative estimate of drug-likeness (QED) is 0.629. The van der Waals surface area contributed by atoms with E-state index in [-0.39, 0.29) is 6.42 Å². The lowest BCUT2D eigenvalue weighted by molar-refractivity contribution is -0.429. The largest absolute Gasteiger partial charge is 0.363 e. The molecule has 1 saturated heterocycles. The molecule has 3 nitrogen and oxygen atoms in total. The molecule has 0 spiro atoms. The van der Waals surface area contributed by atoms with Gasteiger partial charge >= 0.3 is 12.2 Å². The molecular formula is C9H14F4N2O. The Balaban J connectivity index is 2.25. The van der Waals surface area contributed by atoms with Crippen molar-refractivity contribution in [3.8, 4) is 0 Å². The number of fused-ring (bicyclic) bond motifs is 1. The number of alkyl halides is 4. The van der Waals surface area contributed by atoms with E-state index in [2.05, 4.69) is 4.74 Å². The Morgan fingerprint density at radius 1 is 1.06 bits per heavy atom. The molecule has 2 fully saturated rings. The lowest BCUT2D eigenvalue weighted by atomic mass is 9.70. The fourth-order valence-corrected chi connectivity index (χ4v) is 2.69. The van der Waals surface area contributed by atoms with Crippen molar-refractivity contribution in [2.24, 2.45) is 23.3 Å². The van der Waals surface area contributed by atoms with E-state index in [9.17, 15) is 17.6 Å². The van der Waals surface area contributed by atoms with Crippen LogP contribution in [-0.4, -0.2) is 24.3 Å². The van der Waals surface area contributed by atoms with E-state index >= 15 is 0 Å². The summed E-state index contributed by atoms with van der Waals surface area (Å²) in [5.74, 6) is -2.23. The van der Waals surface area contributed by atoms with Gasteiger partial charge in [-0.05, 0) is 18.8 Å². The van der Waals surface area contributed by atoms with Gasteiger partial charge in [0, 0.05) is 18.5 Å². The van der Waals surface area contributed by atoms with Gasteiger partial charge in [-0.2, -0.15) is 17.6 Å². The van der Waals surface area contributed by atoms with Gasteiger partial charge in [-0.25, -0.2) is 0 Å². The molecule has 0 bridgehead atoms. The standard InChI is InChI=1S/C9H14F4N2O/c10-8(11)3-5-6(9(12,13)16-8)1-4(14)2-7(5)15/h4-7H,1-3,14-15H2. The summed E-state index contributed by atoms with van der Waals surface area (Å²) >= 11 is 0. The van der Waals surface area contributed by atoms with E-state index in [1.807, 2.05) is 0 Å². The summed E-state index contributed by atoms with van der Waals surface area (Å²) in [6, 6.07) is -1.19. The molecule has 0 aromatic heterocycles. The summed E-state index contributed by atoms with van der Waals surface area (Å²) in [6.07, 6.45) is -8.12. The fourth-order valence-electron chi connectivity index (χ4n) is 2.69. The third-order valence-electron chi connectivity index (χ3n) is 3.39. The fraction of sp³-hybridized carbons (Fsp3) is 1.00. The molecule has 0 aromatic rings. The van der Waals surface area contributed by atoms with E-state index in [4.69, 9.17) is 11.5 Å². The zero-order valence-electron chi connectivity index (χ0n) is 8.51. The normalized spacial score (nSPS) is 46.1. The molecule has 2 aliphatic rings. The first kappa shape index (κ1) is 12.1. The average Bonchev–Trinajstić information content (AvgIpc) is 2.05. The zero-order valence-corrected chi connectivity index (χ0v) is 8.51. The zero-order chi connectivity index (χ0) is 12.1. The second-order valence-electron chi connectivity index (χ2n) is 4.67. The van der Waals surface area contributed by atoms with Crippen LogP contribution >= 0.6 is 0 Å². The lowest BCUT2D eigenvalue weighted by Crippen LogP contribution is -2.59. The van der Waals surface area contributed by atoms with Crippen LogP contribution in [0.15, 0.2) is 0 Å². The van der Waals surface area contributed by atoms with Crippen LogP contribution in [-0.2, 0) is 4.74 Å². The van der Waals surface area contributed by atoms with Gasteiger partial charge in [-0.1, -0.05) is 0 Å². The van der Waals surface area contributed by atoms with Gasteiger partial charge in [0.1, 0.15) is 0 Å². The van der Waals surface area contributed by atoms with E-state index in [0.29, 0.717) is 6.42 Å². The molecule has 1 aliphatic carbocycles. The predicted octanol–water partition coefficient (Wildman–Crippen LogP) is 1.27. The number of ether oxygens (including phenoxy) is 1. The molecule has 94 valence electrons. The molecule has 1 saturated carbocycles. The highest BCUT2D eigenvalue weighted by Gasteiger charge is 2.61. The van der Waals surface area contributed by atoms with Crippen LogP contribution in [0.2, 0.25) is 0 Å². The second-order valence-corrected chi connectivity index (χ2v) is 4.67. The van der Waals surface area contributed by atoms with E-state index < -0.39 is 42.6 Å². The van der Waals surface area contributed by atoms with E-state index in [0.717, 1.165) is 0 Å². The molecule has 4 unspecified atom stereocenters. The van der Waals surface area contributed by atoms with Gasteiger partial charge in [0.25, 0.3) is 0 Å². The minimum absolute atomic E-state index is 0.0263. The molecule has 7 heteroatoms. The lowest BCUT2D eigenvalue weighted by Gasteiger charge is -2.47. The third-order valence-corrected chi connectivity index (χ3v) is 3.39. The van der Waals surface area contributed by atoms with Crippen LogP contribution in [0.5, 0.6) is 0 Å². The van der Waals surface area contributed by atoms with Crippen molar-refractivity contribution < 1.29 is 22.3 Å². The van der Waals surface area contributed by atoms with E-state index in [1.165, 1.54) is 0 Å². The van der Waals surface area contributed by atoms with Gasteiger partial charge in [-0.3, -0.25) is 4.74 Å². The maximum Gasteiger partial charge on any atom is 0.363 e. The van der Waals surface area contributed by atoms with Crippen LogP contribution in [0.25, 0.3) is 0 Å². The van der Waals surface area contributed by atoms with Crippen molar-refractivity contribution in [2.45, 2.75) is 43.6 Å². The van der Waals surface area contributed by atoms with Crippen molar-refractivity contribution in [1.82, 2.24) is 0 Å². The monoisotopic (exact) mass is 242 g/mol. The molecule has 0 aromatic carbocycles. The molecule has 0 amide bonds. The van der Waals surface area contributed by atoms with Crippen molar-refractivity contribution in [2.75, 3.05) is 0 Å². The van der Waals surface area contributed by atoms with Gasteiger partial charge in [-0.15, -0.1) is 0 Å². The highest BCUT2D eigenvalue weighted by atomic mass is 19.3. The first-order valence-electron chi connectivity index (χ1n) is 5.18. The van der Waals surface area contributed by atoms with Crippen LogP contribution in [0.3, 0.4) is 0 Å². The number of hydrogen-bond donors (Lipinski definition) is 2. The topological polar surface area (TPSA) is 61.3 Å². The summed E-state index contributed by atoms with van der Waals surface area (Å²) in [6.45, 7) is 0. The SMILES string of the molecule is NC1CC(N)C2CC(F)(F)OC(F)(F)C2C1. The van der Waals surface area contributed by atoms with Crippen molar-refractivity contribution in [3.63, 3.8) is 0 Å². The smallest absolute Gasteiger partial charge is 0.328 e. The summed E-state index contributed by atoms with van der Waals surface area (Å²) in [4.78, 5) is 0. The van der Waals surface area contributed by atoms with Crippen molar-refractivity contribution >= 4 is 0 Å². The Kier molecular flexibility index (Phi) is 2.67. The number of hydrogen-bond acceptors (Lipinski definition) is 3. The number of rotatable bonds is 0. The molecule has 4 N–H and O–H groups in total. The minimum Gasteiger partial charge on any atom is -0.328 e. The van der Waals surface area contributed by atoms with Gasteiger partial charge in [0.2, 0.25) is 0 Å². The molecule has 1 heterocycles. The summed E-state index contributed by atoms with van der Waals surface area (Å²) in [5, 5.41) is 0. The predicted molar refractivity (Wildman–Crippen MR) is 47.8 cm³/mol. The second kappa shape index (κ2) is 3.54. The molecule has 0 radical (unpaired) electrons. The highest BCUT2D eigenvalue weighted by molar-refractivity contribution is 4.97.